The molecule has 0 radical (unpaired) electrons. The van der Waals surface area contributed by atoms with Crippen LogP contribution in [0.2, 0.25) is 0 Å². The van der Waals surface area contributed by atoms with Crippen molar-refractivity contribution in [2.45, 2.75) is 45.6 Å². The summed E-state index contributed by atoms with van der Waals surface area (Å²) in [5.74, 6) is 0.910. The van der Waals surface area contributed by atoms with Gasteiger partial charge in [0.25, 0.3) is 0 Å². The second-order valence-electron chi connectivity index (χ2n) is 5.57. The standard InChI is InChI=1S/C15H24N2/c1-11-4-6-13(7-5-11)17(3)14-8-9-15(16)12(2)10-14/h8-11,13H,4-7,16H2,1-3H3. The summed E-state index contributed by atoms with van der Waals surface area (Å²) in [6.07, 6.45) is 5.37. The SMILES string of the molecule is Cc1cc(N(C)C2CCC(C)CC2)ccc1N. The second kappa shape index (κ2) is 4.99. The topological polar surface area (TPSA) is 29.3 Å². The minimum Gasteiger partial charge on any atom is -0.399 e. The van der Waals surface area contributed by atoms with Crippen molar-refractivity contribution in [3.05, 3.63) is 23.8 Å². The molecule has 1 aromatic rings. The third-order valence-corrected chi connectivity index (χ3v) is 4.19. The maximum atomic E-state index is 5.87. The van der Waals surface area contributed by atoms with Crippen LogP contribution in [0, 0.1) is 12.8 Å². The molecular weight excluding hydrogens is 208 g/mol. The predicted octanol–water partition coefficient (Wildman–Crippen LogP) is 3.59. The first kappa shape index (κ1) is 12.3. The van der Waals surface area contributed by atoms with E-state index < -0.39 is 0 Å². The van der Waals surface area contributed by atoms with E-state index >= 15 is 0 Å². The highest BCUT2D eigenvalue weighted by atomic mass is 15.1. The molecule has 94 valence electrons. The van der Waals surface area contributed by atoms with Gasteiger partial charge in [-0.05, 0) is 62.3 Å². The fourth-order valence-corrected chi connectivity index (χ4v) is 2.72. The summed E-state index contributed by atoms with van der Waals surface area (Å²) in [6, 6.07) is 7.06. The first-order valence-electron chi connectivity index (χ1n) is 6.67. The summed E-state index contributed by atoms with van der Waals surface area (Å²) < 4.78 is 0. The van der Waals surface area contributed by atoms with E-state index in [4.69, 9.17) is 5.73 Å². The maximum absolute atomic E-state index is 5.87. The van der Waals surface area contributed by atoms with E-state index in [0.717, 1.165) is 11.6 Å². The Bertz CT molecular complexity index is 379. The van der Waals surface area contributed by atoms with Crippen molar-refractivity contribution in [3.8, 4) is 0 Å². The van der Waals surface area contributed by atoms with Crippen molar-refractivity contribution >= 4 is 11.4 Å². The summed E-state index contributed by atoms with van der Waals surface area (Å²) in [5.41, 5.74) is 9.24. The number of aryl methyl sites for hydroxylation is 1. The minimum atomic E-state index is 0.703. The van der Waals surface area contributed by atoms with Crippen molar-refractivity contribution in [1.29, 1.82) is 0 Å². The summed E-state index contributed by atoms with van der Waals surface area (Å²) in [6.45, 7) is 4.44. The molecule has 1 saturated carbocycles. The van der Waals surface area contributed by atoms with Crippen LogP contribution < -0.4 is 10.6 Å². The van der Waals surface area contributed by atoms with E-state index in [-0.39, 0.29) is 0 Å². The molecule has 17 heavy (non-hydrogen) atoms. The number of nitrogen functional groups attached to an aromatic ring is 1. The summed E-state index contributed by atoms with van der Waals surface area (Å²) in [4.78, 5) is 2.43. The number of nitrogens with two attached hydrogens (primary N) is 1. The van der Waals surface area contributed by atoms with E-state index in [0.29, 0.717) is 6.04 Å². The molecule has 0 bridgehead atoms. The molecule has 1 aromatic carbocycles. The van der Waals surface area contributed by atoms with Crippen molar-refractivity contribution in [2.24, 2.45) is 5.92 Å². The lowest BCUT2D eigenvalue weighted by Gasteiger charge is -2.35. The Hall–Kier alpha value is -1.18. The Morgan fingerprint density at radius 2 is 1.82 bits per heavy atom. The first-order valence-corrected chi connectivity index (χ1v) is 6.67. The molecule has 0 heterocycles. The highest BCUT2D eigenvalue weighted by Crippen LogP contribution is 2.30. The fraction of sp³-hybridized carbons (Fsp3) is 0.600. The molecule has 0 aliphatic heterocycles. The van der Waals surface area contributed by atoms with Crippen molar-refractivity contribution in [1.82, 2.24) is 0 Å². The first-order chi connectivity index (χ1) is 8.08. The minimum absolute atomic E-state index is 0.703. The van der Waals surface area contributed by atoms with Gasteiger partial charge in [-0.2, -0.15) is 0 Å². The van der Waals surface area contributed by atoms with Gasteiger partial charge in [-0.1, -0.05) is 6.92 Å². The van der Waals surface area contributed by atoms with Crippen LogP contribution in [0.25, 0.3) is 0 Å². The van der Waals surface area contributed by atoms with Gasteiger partial charge in [0, 0.05) is 24.5 Å². The number of hydrogen-bond donors (Lipinski definition) is 1. The lowest BCUT2D eigenvalue weighted by atomic mass is 9.86. The van der Waals surface area contributed by atoms with Crippen molar-refractivity contribution in [3.63, 3.8) is 0 Å². The maximum Gasteiger partial charge on any atom is 0.0370 e. The fourth-order valence-electron chi connectivity index (χ4n) is 2.72. The molecule has 0 amide bonds. The Morgan fingerprint density at radius 1 is 1.18 bits per heavy atom. The van der Waals surface area contributed by atoms with Gasteiger partial charge in [0.15, 0.2) is 0 Å². The van der Waals surface area contributed by atoms with E-state index in [9.17, 15) is 0 Å². The van der Waals surface area contributed by atoms with E-state index in [2.05, 4.69) is 37.9 Å². The Kier molecular flexibility index (Phi) is 3.60. The average molecular weight is 232 g/mol. The molecule has 2 nitrogen and oxygen atoms in total. The van der Waals surface area contributed by atoms with Crippen molar-refractivity contribution < 1.29 is 0 Å². The molecule has 0 unspecified atom stereocenters. The zero-order valence-electron chi connectivity index (χ0n) is 11.2. The van der Waals surface area contributed by atoms with Crippen LogP contribution in [0.5, 0.6) is 0 Å². The smallest absolute Gasteiger partial charge is 0.0370 e. The van der Waals surface area contributed by atoms with Crippen molar-refractivity contribution in [2.75, 3.05) is 17.7 Å². The van der Waals surface area contributed by atoms with Crippen LogP contribution >= 0.6 is 0 Å². The number of benzene rings is 1. The molecule has 1 fully saturated rings. The van der Waals surface area contributed by atoms with E-state index in [1.165, 1.54) is 36.9 Å². The average Bonchev–Trinajstić information content (AvgIpc) is 2.33. The van der Waals surface area contributed by atoms with Crippen LogP contribution in [0.15, 0.2) is 18.2 Å². The van der Waals surface area contributed by atoms with Crippen LogP contribution in [0.4, 0.5) is 11.4 Å². The zero-order chi connectivity index (χ0) is 12.4. The molecule has 0 spiro atoms. The van der Waals surface area contributed by atoms with Gasteiger partial charge in [0.1, 0.15) is 0 Å². The third-order valence-electron chi connectivity index (χ3n) is 4.19. The summed E-state index contributed by atoms with van der Waals surface area (Å²) in [5, 5.41) is 0. The van der Waals surface area contributed by atoms with Gasteiger partial charge < -0.3 is 10.6 Å². The molecule has 1 aliphatic carbocycles. The molecule has 2 N–H and O–H groups in total. The van der Waals surface area contributed by atoms with E-state index in [1.54, 1.807) is 0 Å². The number of rotatable bonds is 2. The van der Waals surface area contributed by atoms with Gasteiger partial charge in [0.2, 0.25) is 0 Å². The third kappa shape index (κ3) is 2.74. The molecule has 0 saturated heterocycles. The molecule has 1 aliphatic rings. The number of anilines is 2. The predicted molar refractivity (Wildman–Crippen MR) is 75.4 cm³/mol. The summed E-state index contributed by atoms with van der Waals surface area (Å²) in [7, 11) is 2.21. The quantitative estimate of drug-likeness (QED) is 0.790. The molecule has 0 aromatic heterocycles. The van der Waals surface area contributed by atoms with Gasteiger partial charge in [-0.3, -0.25) is 0 Å². The molecule has 2 rings (SSSR count). The Balaban J connectivity index is 2.08. The highest BCUT2D eigenvalue weighted by Gasteiger charge is 2.21. The Labute approximate surface area is 105 Å². The lowest BCUT2D eigenvalue weighted by Crippen LogP contribution is -2.34. The van der Waals surface area contributed by atoms with Crippen LogP contribution in [-0.4, -0.2) is 13.1 Å². The monoisotopic (exact) mass is 232 g/mol. The molecule has 0 atom stereocenters. The largest absolute Gasteiger partial charge is 0.399 e. The van der Waals surface area contributed by atoms with Gasteiger partial charge in [-0.15, -0.1) is 0 Å². The Morgan fingerprint density at radius 3 is 2.41 bits per heavy atom. The van der Waals surface area contributed by atoms with Gasteiger partial charge in [-0.25, -0.2) is 0 Å². The highest BCUT2D eigenvalue weighted by molar-refractivity contribution is 5.58. The van der Waals surface area contributed by atoms with E-state index in [1.807, 2.05) is 6.07 Å². The number of nitrogens with zero attached hydrogens (tertiary/aromatic N) is 1. The van der Waals surface area contributed by atoms with Gasteiger partial charge >= 0.3 is 0 Å². The number of hydrogen-bond acceptors (Lipinski definition) is 2. The van der Waals surface area contributed by atoms with Crippen LogP contribution in [0.1, 0.15) is 38.2 Å². The van der Waals surface area contributed by atoms with Crippen LogP contribution in [-0.2, 0) is 0 Å². The van der Waals surface area contributed by atoms with Gasteiger partial charge in [0.05, 0.1) is 0 Å². The summed E-state index contributed by atoms with van der Waals surface area (Å²) >= 11 is 0. The molecule has 2 heteroatoms. The van der Waals surface area contributed by atoms with Crippen LogP contribution in [0.3, 0.4) is 0 Å². The lowest BCUT2D eigenvalue weighted by molar-refractivity contribution is 0.341. The molecular formula is C15H24N2. The zero-order valence-corrected chi connectivity index (χ0v) is 11.2. The second-order valence-corrected chi connectivity index (χ2v) is 5.57. The normalized spacial score (nSPS) is 24.6.